The van der Waals surface area contributed by atoms with Crippen LogP contribution in [0.5, 0.6) is 17.2 Å². The molecule has 2 aromatic rings. The van der Waals surface area contributed by atoms with Crippen molar-refractivity contribution in [2.75, 3.05) is 7.11 Å². The predicted molar refractivity (Wildman–Crippen MR) is 102 cm³/mol. The maximum atomic E-state index is 10.6. The van der Waals surface area contributed by atoms with Gasteiger partial charge in [0, 0.05) is 6.08 Å². The number of carbonyl (C=O) groups is 1. The standard InChI is InChI=1S/C16H12I2O4/c1-21-11-3-5-12(6-4-11)22-16-13(17)8-10(9-14(16)18)2-7-15(19)20/h2-9H,1H3,(H,19,20). The van der Waals surface area contributed by atoms with Gasteiger partial charge in [-0.25, -0.2) is 4.79 Å². The largest absolute Gasteiger partial charge is 0.497 e. The first kappa shape index (κ1) is 17.1. The molecule has 1 N–H and O–H groups in total. The van der Waals surface area contributed by atoms with Crippen molar-refractivity contribution in [1.29, 1.82) is 0 Å². The Hall–Kier alpha value is -1.29. The van der Waals surface area contributed by atoms with E-state index in [9.17, 15) is 4.79 Å². The fourth-order valence-corrected chi connectivity index (χ4v) is 3.74. The number of benzene rings is 2. The second kappa shape index (κ2) is 7.82. The van der Waals surface area contributed by atoms with Gasteiger partial charge in [0.15, 0.2) is 5.75 Å². The molecule has 0 saturated carbocycles. The maximum Gasteiger partial charge on any atom is 0.328 e. The highest BCUT2D eigenvalue weighted by atomic mass is 127. The summed E-state index contributed by atoms with van der Waals surface area (Å²) in [6.07, 6.45) is 2.68. The van der Waals surface area contributed by atoms with Crippen LogP contribution in [0.1, 0.15) is 5.56 Å². The van der Waals surface area contributed by atoms with Gasteiger partial charge in [0.1, 0.15) is 11.5 Å². The van der Waals surface area contributed by atoms with Gasteiger partial charge in [0.2, 0.25) is 0 Å². The van der Waals surface area contributed by atoms with Gasteiger partial charge in [0.05, 0.1) is 14.3 Å². The van der Waals surface area contributed by atoms with Crippen molar-refractivity contribution in [1.82, 2.24) is 0 Å². The molecule has 0 unspecified atom stereocenters. The Morgan fingerprint density at radius 1 is 1.09 bits per heavy atom. The van der Waals surface area contributed by atoms with Crippen LogP contribution in [-0.4, -0.2) is 18.2 Å². The van der Waals surface area contributed by atoms with Gasteiger partial charge in [-0.1, -0.05) is 0 Å². The first-order valence-corrected chi connectivity index (χ1v) is 8.37. The minimum absolute atomic E-state index is 0.713. The van der Waals surface area contributed by atoms with Gasteiger partial charge in [-0.2, -0.15) is 0 Å². The number of rotatable bonds is 5. The van der Waals surface area contributed by atoms with Crippen molar-refractivity contribution in [3.8, 4) is 17.2 Å². The maximum absolute atomic E-state index is 10.6. The molecule has 0 aliphatic rings. The molecule has 6 heteroatoms. The molecule has 114 valence electrons. The molecule has 0 radical (unpaired) electrons. The van der Waals surface area contributed by atoms with E-state index < -0.39 is 5.97 Å². The molecule has 4 nitrogen and oxygen atoms in total. The molecule has 2 rings (SSSR count). The van der Waals surface area contributed by atoms with E-state index in [4.69, 9.17) is 14.6 Å². The van der Waals surface area contributed by atoms with Gasteiger partial charge in [-0.3, -0.25) is 0 Å². The van der Waals surface area contributed by atoms with Gasteiger partial charge in [-0.05, 0) is 93.2 Å². The minimum atomic E-state index is -0.969. The van der Waals surface area contributed by atoms with Crippen LogP contribution in [0.25, 0.3) is 6.08 Å². The van der Waals surface area contributed by atoms with E-state index >= 15 is 0 Å². The van der Waals surface area contributed by atoms with Gasteiger partial charge >= 0.3 is 5.97 Å². The lowest BCUT2D eigenvalue weighted by molar-refractivity contribution is -0.131. The molecule has 0 spiro atoms. The Kier molecular flexibility index (Phi) is 6.07. The molecule has 0 aromatic heterocycles. The fourth-order valence-electron chi connectivity index (χ4n) is 1.70. The molecule has 0 fully saturated rings. The third kappa shape index (κ3) is 4.60. The van der Waals surface area contributed by atoms with Crippen LogP contribution in [0.4, 0.5) is 0 Å². The molecule has 0 aliphatic carbocycles. The average Bonchev–Trinajstić information content (AvgIpc) is 2.49. The second-order valence-electron chi connectivity index (χ2n) is 4.26. The number of hydrogen-bond acceptors (Lipinski definition) is 3. The van der Waals surface area contributed by atoms with Crippen molar-refractivity contribution in [3.63, 3.8) is 0 Å². The Bertz CT molecular complexity index is 686. The van der Waals surface area contributed by atoms with E-state index in [0.29, 0.717) is 5.75 Å². The summed E-state index contributed by atoms with van der Waals surface area (Å²) in [6.45, 7) is 0. The summed E-state index contributed by atoms with van der Waals surface area (Å²) in [4.78, 5) is 10.6. The number of hydrogen-bond donors (Lipinski definition) is 1. The topological polar surface area (TPSA) is 55.8 Å². The molecule has 2 aromatic carbocycles. The zero-order valence-electron chi connectivity index (χ0n) is 11.5. The molecule has 0 heterocycles. The van der Waals surface area contributed by atoms with Gasteiger partial charge in [0.25, 0.3) is 0 Å². The summed E-state index contributed by atoms with van der Waals surface area (Å²) in [6, 6.07) is 11.1. The molecule has 0 bridgehead atoms. The summed E-state index contributed by atoms with van der Waals surface area (Å²) >= 11 is 4.35. The summed E-state index contributed by atoms with van der Waals surface area (Å²) < 4.78 is 12.8. The van der Waals surface area contributed by atoms with E-state index in [0.717, 1.165) is 30.3 Å². The summed E-state index contributed by atoms with van der Waals surface area (Å²) in [5.74, 6) is 1.26. The predicted octanol–water partition coefficient (Wildman–Crippen LogP) is 4.79. The summed E-state index contributed by atoms with van der Waals surface area (Å²) in [7, 11) is 1.62. The Morgan fingerprint density at radius 3 is 2.14 bits per heavy atom. The number of ether oxygens (including phenoxy) is 2. The number of halogens is 2. The highest BCUT2D eigenvalue weighted by Crippen LogP contribution is 2.33. The normalized spacial score (nSPS) is 10.7. The Morgan fingerprint density at radius 2 is 1.64 bits per heavy atom. The zero-order chi connectivity index (χ0) is 16.1. The van der Waals surface area contributed by atoms with E-state index in [-0.39, 0.29) is 0 Å². The van der Waals surface area contributed by atoms with Crippen LogP contribution in [-0.2, 0) is 4.79 Å². The van der Waals surface area contributed by atoms with Crippen LogP contribution >= 0.6 is 45.2 Å². The molecule has 0 amide bonds. The lowest BCUT2D eigenvalue weighted by Gasteiger charge is -2.11. The molecular formula is C16H12I2O4. The lowest BCUT2D eigenvalue weighted by atomic mass is 10.2. The molecule has 0 atom stereocenters. The minimum Gasteiger partial charge on any atom is -0.497 e. The number of aliphatic carboxylic acids is 1. The smallest absolute Gasteiger partial charge is 0.328 e. The summed E-state index contributed by atoms with van der Waals surface area (Å²) in [5.41, 5.74) is 0.818. The molecule has 0 aliphatic heterocycles. The Labute approximate surface area is 155 Å². The van der Waals surface area contributed by atoms with E-state index in [1.807, 2.05) is 36.4 Å². The van der Waals surface area contributed by atoms with Crippen LogP contribution in [0.3, 0.4) is 0 Å². The van der Waals surface area contributed by atoms with Crippen molar-refractivity contribution in [2.45, 2.75) is 0 Å². The van der Waals surface area contributed by atoms with E-state index in [1.165, 1.54) is 0 Å². The lowest BCUT2D eigenvalue weighted by Crippen LogP contribution is -1.93. The van der Waals surface area contributed by atoms with Crippen LogP contribution < -0.4 is 9.47 Å². The summed E-state index contributed by atoms with van der Waals surface area (Å²) in [5, 5.41) is 8.68. The van der Waals surface area contributed by atoms with Crippen molar-refractivity contribution < 1.29 is 19.4 Å². The average molecular weight is 522 g/mol. The third-order valence-corrected chi connectivity index (χ3v) is 4.32. The number of carboxylic acids is 1. The van der Waals surface area contributed by atoms with Crippen LogP contribution in [0.2, 0.25) is 0 Å². The SMILES string of the molecule is COc1ccc(Oc2c(I)cc(C=CC(=O)O)cc2I)cc1. The third-order valence-electron chi connectivity index (χ3n) is 2.72. The first-order chi connectivity index (χ1) is 10.5. The van der Waals surface area contributed by atoms with Crippen molar-refractivity contribution >= 4 is 57.2 Å². The number of methoxy groups -OCH3 is 1. The molecule has 22 heavy (non-hydrogen) atoms. The highest BCUT2D eigenvalue weighted by Gasteiger charge is 2.09. The fraction of sp³-hybridized carbons (Fsp3) is 0.0625. The van der Waals surface area contributed by atoms with Crippen molar-refractivity contribution in [2.24, 2.45) is 0 Å². The van der Waals surface area contributed by atoms with Crippen LogP contribution in [0.15, 0.2) is 42.5 Å². The number of carboxylic acid groups (broad SMARTS) is 1. The monoisotopic (exact) mass is 522 g/mol. The zero-order valence-corrected chi connectivity index (χ0v) is 15.9. The van der Waals surface area contributed by atoms with Gasteiger partial charge < -0.3 is 14.6 Å². The molecular weight excluding hydrogens is 510 g/mol. The first-order valence-electron chi connectivity index (χ1n) is 6.21. The highest BCUT2D eigenvalue weighted by molar-refractivity contribution is 14.1. The molecule has 0 saturated heterocycles. The van der Waals surface area contributed by atoms with Crippen LogP contribution in [0, 0.1) is 7.14 Å². The van der Waals surface area contributed by atoms with E-state index in [1.54, 1.807) is 13.2 Å². The second-order valence-corrected chi connectivity index (χ2v) is 6.59. The quantitative estimate of drug-likeness (QED) is 0.454. The van der Waals surface area contributed by atoms with Crippen molar-refractivity contribution in [3.05, 3.63) is 55.2 Å². The Balaban J connectivity index is 2.25. The van der Waals surface area contributed by atoms with E-state index in [2.05, 4.69) is 45.2 Å². The van der Waals surface area contributed by atoms with Gasteiger partial charge in [-0.15, -0.1) is 0 Å².